The highest BCUT2D eigenvalue weighted by Crippen LogP contribution is 2.43. The molecule has 0 saturated heterocycles. The summed E-state index contributed by atoms with van der Waals surface area (Å²) in [5.41, 5.74) is 10.7. The minimum absolute atomic E-state index is 0.352. The van der Waals surface area contributed by atoms with Crippen LogP contribution in [0, 0.1) is 0 Å². The second kappa shape index (κ2) is 16.7. The summed E-state index contributed by atoms with van der Waals surface area (Å²) in [5.74, 6) is 2.77. The van der Waals surface area contributed by atoms with E-state index in [1.54, 1.807) is 0 Å². The van der Waals surface area contributed by atoms with Crippen molar-refractivity contribution in [1.29, 1.82) is 0 Å². The molecule has 324 valence electrons. The fraction of sp³-hybridized carbons (Fsp3) is 0. The van der Waals surface area contributed by atoms with E-state index in [-0.39, 0.29) is 0 Å². The van der Waals surface area contributed by atoms with Crippen molar-refractivity contribution in [3.8, 4) is 56.9 Å². The summed E-state index contributed by atoms with van der Waals surface area (Å²) in [5, 5.41) is 4.47. The smallest absolute Gasteiger partial charge is 0.241 e. The normalized spacial score (nSPS) is 11.5. The molecule has 0 aliphatic carbocycles. The Kier molecular flexibility index (Phi) is 9.61. The number of rotatable bonds is 9. The van der Waals surface area contributed by atoms with Crippen LogP contribution in [0.2, 0.25) is 0 Å². The summed E-state index contributed by atoms with van der Waals surface area (Å²) in [4.78, 5) is 33.2. The third-order valence-corrected chi connectivity index (χ3v) is 12.6. The molecule has 9 aromatic carbocycles. The van der Waals surface area contributed by atoms with Crippen molar-refractivity contribution in [3.05, 3.63) is 237 Å². The molecular formula is C60H39N9. The Bertz CT molecular complexity index is 3750. The summed E-state index contributed by atoms with van der Waals surface area (Å²) in [7, 11) is 0. The van der Waals surface area contributed by atoms with E-state index in [1.165, 1.54) is 10.8 Å². The second-order valence-corrected chi connectivity index (χ2v) is 16.8. The highest BCUT2D eigenvalue weighted by molar-refractivity contribution is 6.19. The number of fused-ring (bicyclic) bond motifs is 6. The van der Waals surface area contributed by atoms with Crippen molar-refractivity contribution in [2.24, 2.45) is 0 Å². The van der Waals surface area contributed by atoms with E-state index in [4.69, 9.17) is 29.9 Å². The molecule has 0 aliphatic heterocycles. The quantitative estimate of drug-likeness (QED) is 0.143. The van der Waals surface area contributed by atoms with Crippen LogP contribution in [0.3, 0.4) is 0 Å². The van der Waals surface area contributed by atoms with Gasteiger partial charge in [0.1, 0.15) is 0 Å². The Balaban J connectivity index is 1.13. The van der Waals surface area contributed by atoms with Crippen LogP contribution in [-0.4, -0.2) is 39.0 Å². The van der Waals surface area contributed by atoms with Gasteiger partial charge in [-0.1, -0.05) is 176 Å². The van der Waals surface area contributed by atoms with Crippen molar-refractivity contribution in [1.82, 2.24) is 39.0 Å². The number of hydrogen-bond acceptors (Lipinski definition) is 7. The number of anilines is 3. The summed E-state index contributed by atoms with van der Waals surface area (Å²) >= 11 is 0. The minimum atomic E-state index is 0.352. The van der Waals surface area contributed by atoms with Crippen molar-refractivity contribution in [2.45, 2.75) is 0 Å². The van der Waals surface area contributed by atoms with E-state index >= 15 is 0 Å². The number of hydrogen-bond donors (Lipinski definition) is 0. The Morgan fingerprint density at radius 3 is 1.01 bits per heavy atom. The fourth-order valence-corrected chi connectivity index (χ4v) is 9.43. The third-order valence-electron chi connectivity index (χ3n) is 12.6. The van der Waals surface area contributed by atoms with Crippen LogP contribution in [0.1, 0.15) is 0 Å². The van der Waals surface area contributed by atoms with Gasteiger partial charge >= 0.3 is 0 Å². The van der Waals surface area contributed by atoms with Crippen LogP contribution in [-0.2, 0) is 0 Å². The van der Waals surface area contributed by atoms with Gasteiger partial charge in [0.05, 0.1) is 27.8 Å². The zero-order valence-corrected chi connectivity index (χ0v) is 37.0. The summed E-state index contributed by atoms with van der Waals surface area (Å²) in [6.07, 6.45) is 0. The largest absolute Gasteiger partial charge is 0.309 e. The Labute approximate surface area is 397 Å². The van der Waals surface area contributed by atoms with Gasteiger partial charge in [0.15, 0.2) is 23.3 Å². The topological polar surface area (TPSA) is 90.4 Å². The van der Waals surface area contributed by atoms with Gasteiger partial charge in [-0.15, -0.1) is 0 Å². The number of aromatic nitrogens is 8. The van der Waals surface area contributed by atoms with Gasteiger partial charge in [0, 0.05) is 55.2 Å². The molecule has 9 nitrogen and oxygen atoms in total. The van der Waals surface area contributed by atoms with E-state index in [9.17, 15) is 0 Å². The van der Waals surface area contributed by atoms with Crippen LogP contribution in [0.25, 0.3) is 101 Å². The van der Waals surface area contributed by atoms with Gasteiger partial charge in [0.2, 0.25) is 11.9 Å². The van der Waals surface area contributed by atoms with E-state index < -0.39 is 0 Å². The summed E-state index contributed by atoms with van der Waals surface area (Å²) in [6, 6.07) is 81.1. The lowest BCUT2D eigenvalue weighted by Crippen LogP contribution is -2.19. The average Bonchev–Trinajstić information content (AvgIpc) is 3.93. The molecule has 9 heteroatoms. The molecule has 0 atom stereocenters. The predicted molar refractivity (Wildman–Crippen MR) is 278 cm³/mol. The molecule has 0 bridgehead atoms. The lowest BCUT2D eigenvalue weighted by atomic mass is 10.1. The van der Waals surface area contributed by atoms with Crippen molar-refractivity contribution in [2.75, 3.05) is 4.90 Å². The number of para-hydroxylation sites is 3. The first kappa shape index (κ1) is 39.7. The number of benzene rings is 9. The van der Waals surface area contributed by atoms with Crippen LogP contribution < -0.4 is 4.90 Å². The van der Waals surface area contributed by atoms with Gasteiger partial charge in [-0.3, -0.25) is 0 Å². The first-order valence-corrected chi connectivity index (χ1v) is 22.9. The summed E-state index contributed by atoms with van der Waals surface area (Å²) < 4.78 is 4.73. The fourth-order valence-electron chi connectivity index (χ4n) is 9.43. The molecule has 69 heavy (non-hydrogen) atoms. The summed E-state index contributed by atoms with van der Waals surface area (Å²) in [6.45, 7) is 0. The molecule has 0 fully saturated rings. The highest BCUT2D eigenvalue weighted by Gasteiger charge is 2.26. The Morgan fingerprint density at radius 1 is 0.261 bits per heavy atom. The van der Waals surface area contributed by atoms with E-state index in [0.717, 1.165) is 72.2 Å². The monoisotopic (exact) mass is 885 g/mol. The van der Waals surface area contributed by atoms with Crippen LogP contribution in [0.4, 0.5) is 17.6 Å². The van der Waals surface area contributed by atoms with Gasteiger partial charge in [-0.25, -0.2) is 14.9 Å². The SMILES string of the molecule is c1ccc(-c2nc(-c3ccccc3)nc(N(c3ccc4c(c3)c3cc5c(cc3n4-c3ccccc3)c3ccccc3n5-c3ccccc3)c3nc(-c4ccccc4)nc(-c4ccccc4)n3)n2)cc1. The predicted octanol–water partition coefficient (Wildman–Crippen LogP) is 14.4. The van der Waals surface area contributed by atoms with Gasteiger partial charge in [0.25, 0.3) is 0 Å². The Morgan fingerprint density at radius 2 is 0.594 bits per heavy atom. The first-order chi connectivity index (χ1) is 34.2. The molecule has 0 amide bonds. The molecule has 0 unspecified atom stereocenters. The average molecular weight is 886 g/mol. The van der Waals surface area contributed by atoms with E-state index in [1.807, 2.05) is 126 Å². The zero-order chi connectivity index (χ0) is 45.7. The first-order valence-electron chi connectivity index (χ1n) is 22.9. The van der Waals surface area contributed by atoms with Crippen LogP contribution in [0.15, 0.2) is 237 Å². The molecule has 13 rings (SSSR count). The Hall–Kier alpha value is -9.60. The maximum absolute atomic E-state index is 5.29. The zero-order valence-electron chi connectivity index (χ0n) is 37.0. The molecule has 0 saturated carbocycles. The van der Waals surface area contributed by atoms with Crippen molar-refractivity contribution >= 4 is 61.2 Å². The molecule has 13 aromatic rings. The molecule has 4 aromatic heterocycles. The maximum Gasteiger partial charge on any atom is 0.241 e. The standard InChI is InChI=1S/C60H39N9/c1-7-21-40(22-8-1)55-61-56(41-23-9-2-10-24-41)64-59(63-55)69(60-65-57(42-25-11-3-12-26-42)62-58(66-60)43-27-13-4-14-28-43)46-35-36-52-48(37-46)50-39-53-49(38-54(50)68(52)45-31-17-6-18-32-45)47-33-19-20-34-51(47)67(53)44-29-15-5-16-30-44/h1-39H. The molecule has 0 aliphatic rings. The minimum Gasteiger partial charge on any atom is -0.309 e. The van der Waals surface area contributed by atoms with Gasteiger partial charge < -0.3 is 9.13 Å². The molecule has 4 heterocycles. The molecule has 0 radical (unpaired) electrons. The molecular weight excluding hydrogens is 847 g/mol. The van der Waals surface area contributed by atoms with Crippen LogP contribution in [0.5, 0.6) is 0 Å². The van der Waals surface area contributed by atoms with Gasteiger partial charge in [-0.2, -0.15) is 19.9 Å². The highest BCUT2D eigenvalue weighted by atomic mass is 15.4. The molecule has 0 spiro atoms. The lowest BCUT2D eigenvalue weighted by Gasteiger charge is -2.23. The van der Waals surface area contributed by atoms with Crippen LogP contribution >= 0.6 is 0 Å². The van der Waals surface area contributed by atoms with E-state index in [0.29, 0.717) is 35.2 Å². The molecule has 0 N–H and O–H groups in total. The van der Waals surface area contributed by atoms with Crippen molar-refractivity contribution in [3.63, 3.8) is 0 Å². The van der Waals surface area contributed by atoms with E-state index in [2.05, 4.69) is 124 Å². The lowest BCUT2D eigenvalue weighted by molar-refractivity contribution is 0.964. The van der Waals surface area contributed by atoms with Crippen molar-refractivity contribution < 1.29 is 0 Å². The second-order valence-electron chi connectivity index (χ2n) is 16.8. The third kappa shape index (κ3) is 7.04. The maximum atomic E-state index is 5.29. The number of nitrogens with zero attached hydrogens (tertiary/aromatic N) is 9. The van der Waals surface area contributed by atoms with Gasteiger partial charge in [-0.05, 0) is 60.7 Å².